The second-order valence-corrected chi connectivity index (χ2v) is 4.98. The average Bonchev–Trinajstić information content (AvgIpc) is 2.92. The van der Waals surface area contributed by atoms with Crippen LogP contribution in [-0.4, -0.2) is 38.2 Å². The standard InChI is InChI=1S/C15H23NO4/c1-3-4-12(9-18-2)16-8-13(17)11-5-6-14-15(7-11)20-10-19-14/h5-7,12-13,16-17H,3-4,8-10H2,1-2H3. The zero-order chi connectivity index (χ0) is 14.4. The number of rotatable bonds is 8. The van der Waals surface area contributed by atoms with E-state index >= 15 is 0 Å². The first-order valence-corrected chi connectivity index (χ1v) is 7.04. The van der Waals surface area contributed by atoms with Gasteiger partial charge in [0.25, 0.3) is 0 Å². The fraction of sp³-hybridized carbons (Fsp3) is 0.600. The van der Waals surface area contributed by atoms with Crippen LogP contribution in [0.3, 0.4) is 0 Å². The largest absolute Gasteiger partial charge is 0.454 e. The second-order valence-electron chi connectivity index (χ2n) is 4.98. The summed E-state index contributed by atoms with van der Waals surface area (Å²) in [5, 5.41) is 13.6. The van der Waals surface area contributed by atoms with Gasteiger partial charge in [-0.15, -0.1) is 0 Å². The highest BCUT2D eigenvalue weighted by molar-refractivity contribution is 5.45. The minimum absolute atomic E-state index is 0.250. The summed E-state index contributed by atoms with van der Waals surface area (Å²) in [6.45, 7) is 3.54. The lowest BCUT2D eigenvalue weighted by molar-refractivity contribution is 0.135. The molecular weight excluding hydrogens is 258 g/mol. The Morgan fingerprint density at radius 3 is 2.90 bits per heavy atom. The lowest BCUT2D eigenvalue weighted by Gasteiger charge is -2.20. The molecule has 0 saturated heterocycles. The number of hydrogen-bond acceptors (Lipinski definition) is 5. The van der Waals surface area contributed by atoms with E-state index in [9.17, 15) is 5.11 Å². The van der Waals surface area contributed by atoms with E-state index in [0.717, 1.165) is 24.2 Å². The third-order valence-corrected chi connectivity index (χ3v) is 3.39. The van der Waals surface area contributed by atoms with Gasteiger partial charge in [0, 0.05) is 19.7 Å². The molecule has 0 radical (unpaired) electrons. The first-order chi connectivity index (χ1) is 9.74. The highest BCUT2D eigenvalue weighted by atomic mass is 16.7. The van der Waals surface area contributed by atoms with Crippen LogP contribution in [0.25, 0.3) is 0 Å². The van der Waals surface area contributed by atoms with Crippen LogP contribution in [0.15, 0.2) is 18.2 Å². The Kier molecular flexibility index (Phi) is 5.64. The summed E-state index contributed by atoms with van der Waals surface area (Å²) in [4.78, 5) is 0. The molecule has 2 N–H and O–H groups in total. The topological polar surface area (TPSA) is 60.0 Å². The van der Waals surface area contributed by atoms with Gasteiger partial charge in [-0.1, -0.05) is 19.4 Å². The predicted octanol–water partition coefficient (Wildman–Crippen LogP) is 1.85. The fourth-order valence-corrected chi connectivity index (χ4v) is 2.31. The van der Waals surface area contributed by atoms with Gasteiger partial charge in [0.15, 0.2) is 11.5 Å². The fourth-order valence-electron chi connectivity index (χ4n) is 2.31. The van der Waals surface area contributed by atoms with Crippen molar-refractivity contribution >= 4 is 0 Å². The molecule has 0 amide bonds. The smallest absolute Gasteiger partial charge is 0.231 e. The Morgan fingerprint density at radius 1 is 1.35 bits per heavy atom. The molecule has 0 saturated carbocycles. The number of methoxy groups -OCH3 is 1. The number of ether oxygens (including phenoxy) is 3. The maximum Gasteiger partial charge on any atom is 0.231 e. The third-order valence-electron chi connectivity index (χ3n) is 3.39. The summed E-state index contributed by atoms with van der Waals surface area (Å²) < 4.78 is 15.8. The van der Waals surface area contributed by atoms with E-state index in [0.29, 0.717) is 18.9 Å². The monoisotopic (exact) mass is 281 g/mol. The number of aliphatic hydroxyl groups excluding tert-OH is 1. The van der Waals surface area contributed by atoms with Crippen LogP contribution in [0.4, 0.5) is 0 Å². The van der Waals surface area contributed by atoms with Crippen molar-refractivity contribution in [1.29, 1.82) is 0 Å². The van der Waals surface area contributed by atoms with Crippen molar-refractivity contribution in [1.82, 2.24) is 5.32 Å². The van der Waals surface area contributed by atoms with Gasteiger partial charge in [0.2, 0.25) is 6.79 Å². The van der Waals surface area contributed by atoms with E-state index in [1.165, 1.54) is 0 Å². The van der Waals surface area contributed by atoms with E-state index in [-0.39, 0.29) is 12.8 Å². The SMILES string of the molecule is CCCC(COC)NCC(O)c1ccc2c(c1)OCO2. The van der Waals surface area contributed by atoms with Crippen molar-refractivity contribution in [2.45, 2.75) is 31.9 Å². The molecule has 5 nitrogen and oxygen atoms in total. The summed E-state index contributed by atoms with van der Waals surface area (Å²) >= 11 is 0. The molecule has 20 heavy (non-hydrogen) atoms. The Morgan fingerprint density at radius 2 is 2.15 bits per heavy atom. The van der Waals surface area contributed by atoms with Crippen LogP contribution in [0.5, 0.6) is 11.5 Å². The maximum atomic E-state index is 10.2. The van der Waals surface area contributed by atoms with Crippen molar-refractivity contribution in [3.8, 4) is 11.5 Å². The van der Waals surface area contributed by atoms with E-state index in [2.05, 4.69) is 12.2 Å². The van der Waals surface area contributed by atoms with Crippen molar-refractivity contribution in [3.05, 3.63) is 23.8 Å². The zero-order valence-corrected chi connectivity index (χ0v) is 12.1. The zero-order valence-electron chi connectivity index (χ0n) is 12.1. The summed E-state index contributed by atoms with van der Waals surface area (Å²) in [7, 11) is 1.69. The third kappa shape index (κ3) is 3.85. The van der Waals surface area contributed by atoms with Gasteiger partial charge in [-0.3, -0.25) is 0 Å². The van der Waals surface area contributed by atoms with Crippen molar-refractivity contribution in [3.63, 3.8) is 0 Å². The molecule has 1 aliphatic heterocycles. The van der Waals surface area contributed by atoms with Crippen molar-refractivity contribution in [2.75, 3.05) is 27.1 Å². The second kappa shape index (κ2) is 7.47. The van der Waals surface area contributed by atoms with E-state index < -0.39 is 6.10 Å². The van der Waals surface area contributed by atoms with Gasteiger partial charge < -0.3 is 24.6 Å². The number of nitrogens with one attached hydrogen (secondary N) is 1. The van der Waals surface area contributed by atoms with Gasteiger partial charge in [-0.2, -0.15) is 0 Å². The van der Waals surface area contributed by atoms with Crippen molar-refractivity contribution < 1.29 is 19.3 Å². The predicted molar refractivity (Wildman–Crippen MR) is 76.1 cm³/mol. The van der Waals surface area contributed by atoms with Gasteiger partial charge in [-0.05, 0) is 24.1 Å². The van der Waals surface area contributed by atoms with Crippen LogP contribution < -0.4 is 14.8 Å². The van der Waals surface area contributed by atoms with Gasteiger partial charge >= 0.3 is 0 Å². The molecule has 2 atom stereocenters. The number of fused-ring (bicyclic) bond motifs is 1. The van der Waals surface area contributed by atoms with E-state index in [1.807, 2.05) is 18.2 Å². The molecule has 0 spiro atoms. The Balaban J connectivity index is 1.89. The molecule has 5 heteroatoms. The van der Waals surface area contributed by atoms with Gasteiger partial charge in [0.1, 0.15) is 0 Å². The minimum atomic E-state index is -0.569. The Bertz CT molecular complexity index is 418. The summed E-state index contributed by atoms with van der Waals surface area (Å²) in [5.74, 6) is 1.43. The Labute approximate surface area is 119 Å². The Hall–Kier alpha value is -1.30. The molecule has 0 aromatic heterocycles. The molecule has 0 bridgehead atoms. The van der Waals surface area contributed by atoms with Gasteiger partial charge in [0.05, 0.1) is 12.7 Å². The van der Waals surface area contributed by atoms with E-state index in [4.69, 9.17) is 14.2 Å². The molecule has 1 aromatic rings. The van der Waals surface area contributed by atoms with Crippen LogP contribution >= 0.6 is 0 Å². The quantitative estimate of drug-likeness (QED) is 0.761. The van der Waals surface area contributed by atoms with Crippen LogP contribution in [0.1, 0.15) is 31.4 Å². The lowest BCUT2D eigenvalue weighted by atomic mass is 10.1. The normalized spacial score (nSPS) is 16.1. The first-order valence-electron chi connectivity index (χ1n) is 7.04. The summed E-state index contributed by atoms with van der Waals surface area (Å²) in [6.07, 6.45) is 1.55. The average molecular weight is 281 g/mol. The number of aliphatic hydroxyl groups is 1. The number of benzene rings is 1. The lowest BCUT2D eigenvalue weighted by Crippen LogP contribution is -2.36. The minimum Gasteiger partial charge on any atom is -0.454 e. The molecule has 0 aliphatic carbocycles. The summed E-state index contributed by atoms with van der Waals surface area (Å²) in [5.41, 5.74) is 0.828. The van der Waals surface area contributed by atoms with Crippen LogP contribution in [0.2, 0.25) is 0 Å². The molecule has 1 aliphatic rings. The van der Waals surface area contributed by atoms with Crippen molar-refractivity contribution in [2.24, 2.45) is 0 Å². The maximum absolute atomic E-state index is 10.2. The molecule has 0 fully saturated rings. The first kappa shape index (κ1) is 15.1. The highest BCUT2D eigenvalue weighted by Crippen LogP contribution is 2.34. The molecule has 1 heterocycles. The molecule has 2 rings (SSSR count). The molecular formula is C15H23NO4. The molecule has 112 valence electrons. The van der Waals surface area contributed by atoms with E-state index in [1.54, 1.807) is 7.11 Å². The molecule has 2 unspecified atom stereocenters. The van der Waals surface area contributed by atoms with Crippen LogP contribution in [0, 0.1) is 0 Å². The summed E-state index contributed by atoms with van der Waals surface area (Å²) in [6, 6.07) is 5.80. The molecule has 1 aromatic carbocycles. The van der Waals surface area contributed by atoms with Gasteiger partial charge in [-0.25, -0.2) is 0 Å². The van der Waals surface area contributed by atoms with Crippen LogP contribution in [-0.2, 0) is 4.74 Å². The highest BCUT2D eigenvalue weighted by Gasteiger charge is 2.17. The number of hydrogen-bond donors (Lipinski definition) is 2.